The highest BCUT2D eigenvalue weighted by Crippen LogP contribution is 2.20. The molecule has 5 nitrogen and oxygen atoms in total. The molecule has 0 unspecified atom stereocenters. The van der Waals surface area contributed by atoms with Gasteiger partial charge in [-0.05, 0) is 47.2 Å². The average molecular weight is 348 g/mol. The normalized spacial score (nSPS) is 10.4. The summed E-state index contributed by atoms with van der Waals surface area (Å²) in [5, 5.41) is 4.94. The second kappa shape index (κ2) is 7.70. The molecule has 0 aliphatic carbocycles. The maximum atomic E-state index is 12.1. The van der Waals surface area contributed by atoms with Gasteiger partial charge in [-0.15, -0.1) is 0 Å². The van der Waals surface area contributed by atoms with Gasteiger partial charge in [0.15, 0.2) is 6.61 Å². The van der Waals surface area contributed by atoms with Crippen molar-refractivity contribution >= 4 is 28.3 Å². The highest BCUT2D eigenvalue weighted by molar-refractivity contribution is 5.96. The smallest absolute Gasteiger partial charge is 0.262 e. The first-order chi connectivity index (χ1) is 12.5. The molecule has 3 aromatic carbocycles. The van der Waals surface area contributed by atoms with E-state index in [1.54, 1.807) is 38.4 Å². The predicted molar refractivity (Wildman–Crippen MR) is 103 cm³/mol. The Hall–Kier alpha value is -3.34. The number of nitrogens with one attached hydrogen (secondary N) is 1. The lowest BCUT2D eigenvalue weighted by molar-refractivity contribution is -0.118. The molecule has 3 rings (SSSR count). The van der Waals surface area contributed by atoms with E-state index in [0.29, 0.717) is 17.0 Å². The van der Waals surface area contributed by atoms with Crippen LogP contribution < -0.4 is 10.1 Å². The summed E-state index contributed by atoms with van der Waals surface area (Å²) < 4.78 is 5.57. The monoisotopic (exact) mass is 348 g/mol. The van der Waals surface area contributed by atoms with Crippen LogP contribution >= 0.6 is 0 Å². The van der Waals surface area contributed by atoms with Crippen molar-refractivity contribution in [2.75, 3.05) is 26.0 Å². The molecule has 0 heterocycles. The summed E-state index contributed by atoms with van der Waals surface area (Å²) in [5.41, 5.74) is 1.19. The van der Waals surface area contributed by atoms with E-state index in [9.17, 15) is 9.59 Å². The molecule has 0 spiro atoms. The number of rotatable bonds is 5. The highest BCUT2D eigenvalue weighted by atomic mass is 16.5. The van der Waals surface area contributed by atoms with Crippen molar-refractivity contribution in [1.29, 1.82) is 0 Å². The van der Waals surface area contributed by atoms with E-state index >= 15 is 0 Å². The average Bonchev–Trinajstić information content (AvgIpc) is 2.66. The minimum Gasteiger partial charge on any atom is -0.484 e. The van der Waals surface area contributed by atoms with Crippen LogP contribution in [-0.4, -0.2) is 37.4 Å². The van der Waals surface area contributed by atoms with Gasteiger partial charge in [0.2, 0.25) is 0 Å². The van der Waals surface area contributed by atoms with Crippen molar-refractivity contribution in [3.63, 3.8) is 0 Å². The molecule has 1 N–H and O–H groups in total. The van der Waals surface area contributed by atoms with Crippen molar-refractivity contribution in [2.24, 2.45) is 0 Å². The van der Waals surface area contributed by atoms with Crippen LogP contribution in [0, 0.1) is 0 Å². The van der Waals surface area contributed by atoms with E-state index in [4.69, 9.17) is 4.74 Å². The third-order valence-electron chi connectivity index (χ3n) is 3.91. The zero-order valence-corrected chi connectivity index (χ0v) is 14.7. The van der Waals surface area contributed by atoms with Gasteiger partial charge in [0.1, 0.15) is 5.75 Å². The van der Waals surface area contributed by atoms with E-state index in [0.717, 1.165) is 10.8 Å². The van der Waals surface area contributed by atoms with E-state index in [1.165, 1.54) is 4.90 Å². The third kappa shape index (κ3) is 4.19. The summed E-state index contributed by atoms with van der Waals surface area (Å²) in [4.78, 5) is 25.4. The fraction of sp³-hybridized carbons (Fsp3) is 0.143. The molecule has 0 aliphatic heterocycles. The van der Waals surface area contributed by atoms with E-state index in [-0.39, 0.29) is 18.4 Å². The molecule has 0 saturated carbocycles. The van der Waals surface area contributed by atoms with E-state index in [2.05, 4.69) is 5.32 Å². The number of hydrogen-bond donors (Lipinski definition) is 1. The zero-order chi connectivity index (χ0) is 18.5. The molecule has 2 amide bonds. The van der Waals surface area contributed by atoms with E-state index in [1.807, 2.05) is 42.5 Å². The van der Waals surface area contributed by atoms with Crippen LogP contribution in [0.15, 0.2) is 66.7 Å². The fourth-order valence-corrected chi connectivity index (χ4v) is 2.56. The summed E-state index contributed by atoms with van der Waals surface area (Å²) in [6, 6.07) is 20.4. The SMILES string of the molecule is CN(C)C(=O)c1ccc(NC(=O)COc2ccc3ccccc3c2)cc1. The summed E-state index contributed by atoms with van der Waals surface area (Å²) >= 11 is 0. The second-order valence-corrected chi connectivity index (χ2v) is 6.12. The molecule has 26 heavy (non-hydrogen) atoms. The van der Waals surface area contributed by atoms with Crippen LogP contribution in [-0.2, 0) is 4.79 Å². The third-order valence-corrected chi connectivity index (χ3v) is 3.91. The van der Waals surface area contributed by atoms with Gasteiger partial charge in [0.25, 0.3) is 11.8 Å². The number of fused-ring (bicyclic) bond motifs is 1. The summed E-state index contributed by atoms with van der Waals surface area (Å²) in [6.07, 6.45) is 0. The maximum absolute atomic E-state index is 12.1. The molecule has 0 saturated heterocycles. The van der Waals surface area contributed by atoms with Gasteiger partial charge < -0.3 is 15.0 Å². The maximum Gasteiger partial charge on any atom is 0.262 e. The van der Waals surface area contributed by atoms with Gasteiger partial charge in [-0.3, -0.25) is 9.59 Å². The molecule has 3 aromatic rings. The van der Waals surface area contributed by atoms with Crippen LogP contribution in [0.5, 0.6) is 5.75 Å². The van der Waals surface area contributed by atoms with Gasteiger partial charge in [0.05, 0.1) is 0 Å². The fourth-order valence-electron chi connectivity index (χ4n) is 2.56. The summed E-state index contributed by atoms with van der Waals surface area (Å²) in [6.45, 7) is -0.0866. The van der Waals surface area contributed by atoms with Gasteiger partial charge >= 0.3 is 0 Å². The van der Waals surface area contributed by atoms with Crippen molar-refractivity contribution in [1.82, 2.24) is 4.90 Å². The van der Waals surface area contributed by atoms with Crippen molar-refractivity contribution in [3.8, 4) is 5.75 Å². The lowest BCUT2D eigenvalue weighted by Gasteiger charge is -2.11. The lowest BCUT2D eigenvalue weighted by Crippen LogP contribution is -2.22. The minimum atomic E-state index is -0.259. The molecule has 0 radical (unpaired) electrons. The minimum absolute atomic E-state index is 0.0810. The van der Waals surface area contributed by atoms with Gasteiger partial charge in [0, 0.05) is 25.3 Å². The number of carbonyl (C=O) groups is 2. The number of ether oxygens (including phenoxy) is 1. The predicted octanol–water partition coefficient (Wildman–Crippen LogP) is 3.56. The summed E-state index contributed by atoms with van der Waals surface area (Å²) in [7, 11) is 3.39. The molecule has 0 atom stereocenters. The molecule has 0 fully saturated rings. The summed E-state index contributed by atoms with van der Waals surface area (Å²) in [5.74, 6) is 0.304. The van der Waals surface area contributed by atoms with Crippen molar-refractivity contribution < 1.29 is 14.3 Å². The number of anilines is 1. The highest BCUT2D eigenvalue weighted by Gasteiger charge is 2.09. The van der Waals surface area contributed by atoms with Crippen LogP contribution in [0.2, 0.25) is 0 Å². The molecule has 5 heteroatoms. The number of nitrogens with zero attached hydrogens (tertiary/aromatic N) is 1. The van der Waals surface area contributed by atoms with Gasteiger partial charge in [-0.2, -0.15) is 0 Å². The lowest BCUT2D eigenvalue weighted by atomic mass is 10.1. The topological polar surface area (TPSA) is 58.6 Å². The molecule has 132 valence electrons. The van der Waals surface area contributed by atoms with Crippen molar-refractivity contribution in [3.05, 3.63) is 72.3 Å². The Morgan fingerprint density at radius 2 is 1.62 bits per heavy atom. The Bertz CT molecular complexity index is 933. The first kappa shape index (κ1) is 17.5. The van der Waals surface area contributed by atoms with Crippen LogP contribution in [0.3, 0.4) is 0 Å². The molecule has 0 aliphatic rings. The van der Waals surface area contributed by atoms with Crippen molar-refractivity contribution in [2.45, 2.75) is 0 Å². The van der Waals surface area contributed by atoms with Crippen LogP contribution in [0.1, 0.15) is 10.4 Å². The largest absolute Gasteiger partial charge is 0.484 e. The molecular formula is C21H20N2O3. The number of hydrogen-bond acceptors (Lipinski definition) is 3. The van der Waals surface area contributed by atoms with Gasteiger partial charge in [-0.25, -0.2) is 0 Å². The molecule has 0 bridgehead atoms. The number of benzene rings is 3. The number of carbonyl (C=O) groups excluding carboxylic acids is 2. The Kier molecular flexibility index (Phi) is 5.17. The quantitative estimate of drug-likeness (QED) is 0.767. The van der Waals surface area contributed by atoms with Crippen LogP contribution in [0.4, 0.5) is 5.69 Å². The first-order valence-corrected chi connectivity index (χ1v) is 8.26. The second-order valence-electron chi connectivity index (χ2n) is 6.12. The van der Waals surface area contributed by atoms with Gasteiger partial charge in [-0.1, -0.05) is 30.3 Å². The first-order valence-electron chi connectivity index (χ1n) is 8.26. The molecular weight excluding hydrogens is 328 g/mol. The molecule has 0 aromatic heterocycles. The van der Waals surface area contributed by atoms with Crippen LogP contribution in [0.25, 0.3) is 10.8 Å². The Balaban J connectivity index is 1.57. The Labute approximate surface area is 152 Å². The Morgan fingerprint density at radius 3 is 2.31 bits per heavy atom. The Morgan fingerprint density at radius 1 is 0.923 bits per heavy atom. The zero-order valence-electron chi connectivity index (χ0n) is 14.7. The number of amides is 2. The van der Waals surface area contributed by atoms with E-state index < -0.39 is 0 Å². The standard InChI is InChI=1S/C21H20N2O3/c1-23(2)21(25)16-7-10-18(11-8-16)22-20(24)14-26-19-12-9-15-5-3-4-6-17(15)13-19/h3-13H,14H2,1-2H3,(H,22,24).